The summed E-state index contributed by atoms with van der Waals surface area (Å²) in [6.07, 6.45) is 10.7. The van der Waals surface area contributed by atoms with Gasteiger partial charge in [0.25, 0.3) is 0 Å². The lowest BCUT2D eigenvalue weighted by molar-refractivity contribution is -0.214. The van der Waals surface area contributed by atoms with E-state index in [2.05, 4.69) is 58.2 Å². The summed E-state index contributed by atoms with van der Waals surface area (Å²) in [5, 5.41) is 9.57. The number of ether oxygens (including phenoxy) is 1. The first-order valence-corrected chi connectivity index (χ1v) is 20.1. The van der Waals surface area contributed by atoms with Gasteiger partial charge in [-0.3, -0.25) is 14.4 Å². The van der Waals surface area contributed by atoms with Crippen LogP contribution in [0.4, 0.5) is 0 Å². The van der Waals surface area contributed by atoms with Crippen LogP contribution in [0.15, 0.2) is 11.1 Å². The number of aliphatic carboxylic acids is 1. The van der Waals surface area contributed by atoms with Crippen LogP contribution in [0, 0.1) is 56.7 Å². The molecule has 8 atom stereocenters. The summed E-state index contributed by atoms with van der Waals surface area (Å²) in [7, 11) is 0. The lowest BCUT2D eigenvalue weighted by Gasteiger charge is -2.69. The number of hydrogen-bond donors (Lipinski definition) is 1. The molecule has 6 rings (SSSR count). The van der Waals surface area contributed by atoms with Crippen LogP contribution in [-0.4, -0.2) is 65.0 Å². The summed E-state index contributed by atoms with van der Waals surface area (Å²) >= 11 is 2.07. The highest BCUT2D eigenvalue weighted by Crippen LogP contribution is 2.73. The van der Waals surface area contributed by atoms with Gasteiger partial charge in [-0.2, -0.15) is 11.8 Å². The molecule has 7 heteroatoms. The lowest BCUT2D eigenvalue weighted by Crippen LogP contribution is -2.63. The van der Waals surface area contributed by atoms with Crippen LogP contribution in [0.25, 0.3) is 0 Å². The number of esters is 1. The number of carboxylic acid groups (broad SMARTS) is 1. The number of thioether (sulfide) groups is 1. The van der Waals surface area contributed by atoms with Crippen LogP contribution in [0.5, 0.6) is 0 Å². The number of Topliss-reactive ketones (excluding diaryl/α,β-unsaturated/α-hetero) is 1. The Morgan fingerprint density at radius 3 is 2.30 bits per heavy atom. The van der Waals surface area contributed by atoms with Gasteiger partial charge in [-0.1, -0.05) is 47.1 Å². The van der Waals surface area contributed by atoms with Gasteiger partial charge >= 0.3 is 11.9 Å². The SMILES string of the molecule is CC(C)C1=C2C3CCC4C(C)(CCC5C(C)(C)C(OC(=O)CC(C)(C)C(=O)O)CCC54C)C3CCC2(CCN2CCSCC2)CC1=O. The molecule has 5 fully saturated rings. The van der Waals surface area contributed by atoms with Crippen LogP contribution >= 0.6 is 11.8 Å². The molecule has 5 aliphatic carbocycles. The molecule has 0 radical (unpaired) electrons. The Balaban J connectivity index is 1.24. The Labute approximate surface area is 289 Å². The first-order chi connectivity index (χ1) is 22.0. The van der Waals surface area contributed by atoms with E-state index in [0.29, 0.717) is 35.4 Å². The first kappa shape index (κ1) is 35.5. The number of carbonyl (C=O) groups excluding carboxylic acids is 2. The monoisotopic (exact) mass is 669 g/mol. The molecule has 47 heavy (non-hydrogen) atoms. The van der Waals surface area contributed by atoms with Crippen molar-refractivity contribution in [1.29, 1.82) is 0 Å². The number of carboxylic acids is 1. The highest BCUT2D eigenvalue weighted by Gasteiger charge is 2.66. The molecule has 8 unspecified atom stereocenters. The van der Waals surface area contributed by atoms with Crippen molar-refractivity contribution < 1.29 is 24.2 Å². The number of hydrogen-bond acceptors (Lipinski definition) is 6. The standard InChI is InChI=1S/C40H63NO5S/c1-25(2)33-28(42)23-40(17-18-41-19-21-47-22-20-41)16-11-27-26(34(33)40)9-10-30-38(27,7)14-12-29-37(5,6)31(13-15-39(29,30)8)46-32(43)24-36(3,4)35(44)45/h25-27,29-31H,9-24H2,1-8H3,(H,44,45). The summed E-state index contributed by atoms with van der Waals surface area (Å²) in [6.45, 7) is 21.0. The average Bonchev–Trinajstić information content (AvgIpc) is 3.30. The molecular formula is C40H63NO5S. The van der Waals surface area contributed by atoms with Gasteiger partial charge in [0.15, 0.2) is 5.78 Å². The van der Waals surface area contributed by atoms with E-state index in [1.807, 2.05) is 0 Å². The Kier molecular flexibility index (Phi) is 9.41. The molecule has 0 aromatic rings. The number of rotatable bonds is 8. The van der Waals surface area contributed by atoms with Crippen molar-refractivity contribution in [2.75, 3.05) is 31.1 Å². The zero-order chi connectivity index (χ0) is 34.2. The van der Waals surface area contributed by atoms with Gasteiger partial charge < -0.3 is 14.7 Å². The third-order valence-corrected chi connectivity index (χ3v) is 16.1. The van der Waals surface area contributed by atoms with Gasteiger partial charge in [0.1, 0.15) is 6.10 Å². The molecule has 0 spiro atoms. The average molecular weight is 670 g/mol. The molecule has 6 aliphatic rings. The summed E-state index contributed by atoms with van der Waals surface area (Å²) in [6, 6.07) is 0. The summed E-state index contributed by atoms with van der Waals surface area (Å²) in [4.78, 5) is 41.2. The third-order valence-electron chi connectivity index (χ3n) is 15.1. The lowest BCUT2D eigenvalue weighted by atomic mass is 9.36. The quantitative estimate of drug-likeness (QED) is 0.260. The van der Waals surface area contributed by atoms with Crippen molar-refractivity contribution in [2.45, 2.75) is 132 Å². The second kappa shape index (κ2) is 12.5. The van der Waals surface area contributed by atoms with Gasteiger partial charge in [0.05, 0.1) is 11.8 Å². The summed E-state index contributed by atoms with van der Waals surface area (Å²) < 4.78 is 6.16. The van der Waals surface area contributed by atoms with Gasteiger partial charge in [0.2, 0.25) is 0 Å². The van der Waals surface area contributed by atoms with Crippen LogP contribution in [0.2, 0.25) is 0 Å². The van der Waals surface area contributed by atoms with E-state index in [-0.39, 0.29) is 40.2 Å². The van der Waals surface area contributed by atoms with Gasteiger partial charge in [-0.05, 0) is 124 Å². The highest BCUT2D eigenvalue weighted by atomic mass is 32.2. The van der Waals surface area contributed by atoms with Crippen molar-refractivity contribution >= 4 is 29.5 Å². The van der Waals surface area contributed by atoms with Gasteiger partial charge in [-0.15, -0.1) is 0 Å². The van der Waals surface area contributed by atoms with E-state index in [4.69, 9.17) is 4.74 Å². The Hall–Kier alpha value is -1.34. The molecule has 0 aromatic carbocycles. The molecule has 6 nitrogen and oxygen atoms in total. The van der Waals surface area contributed by atoms with Gasteiger partial charge in [0, 0.05) is 41.8 Å². The van der Waals surface area contributed by atoms with Crippen molar-refractivity contribution in [1.82, 2.24) is 4.90 Å². The molecule has 4 saturated carbocycles. The summed E-state index contributed by atoms with van der Waals surface area (Å²) in [5.74, 6) is 4.11. The van der Waals surface area contributed by atoms with E-state index in [9.17, 15) is 19.5 Å². The van der Waals surface area contributed by atoms with Crippen molar-refractivity contribution in [3.05, 3.63) is 11.1 Å². The zero-order valence-electron chi connectivity index (χ0n) is 30.7. The Morgan fingerprint density at radius 1 is 0.957 bits per heavy atom. The number of carbonyl (C=O) groups is 3. The molecule has 0 bridgehead atoms. The van der Waals surface area contributed by atoms with E-state index in [0.717, 1.165) is 38.6 Å². The summed E-state index contributed by atoms with van der Waals surface area (Å²) in [5.41, 5.74) is 2.02. The molecule has 1 saturated heterocycles. The fraction of sp³-hybridized carbons (Fsp3) is 0.875. The van der Waals surface area contributed by atoms with Crippen molar-refractivity contribution in [3.8, 4) is 0 Å². The molecule has 264 valence electrons. The highest BCUT2D eigenvalue weighted by molar-refractivity contribution is 7.99. The molecule has 0 amide bonds. The smallest absolute Gasteiger partial charge is 0.309 e. The minimum absolute atomic E-state index is 0.0753. The predicted molar refractivity (Wildman–Crippen MR) is 189 cm³/mol. The number of fused-ring (bicyclic) bond motifs is 7. The Morgan fingerprint density at radius 2 is 1.64 bits per heavy atom. The van der Waals surface area contributed by atoms with E-state index in [1.165, 1.54) is 62.3 Å². The molecule has 1 aliphatic heterocycles. The zero-order valence-corrected chi connectivity index (χ0v) is 31.5. The van der Waals surface area contributed by atoms with Crippen molar-refractivity contribution in [3.63, 3.8) is 0 Å². The van der Waals surface area contributed by atoms with Crippen molar-refractivity contribution in [2.24, 2.45) is 56.7 Å². The van der Waals surface area contributed by atoms with E-state index >= 15 is 0 Å². The number of ketones is 1. The normalized spacial score (nSPS) is 40.4. The topological polar surface area (TPSA) is 83.9 Å². The maximum atomic E-state index is 13.9. The van der Waals surface area contributed by atoms with Gasteiger partial charge in [-0.25, -0.2) is 0 Å². The third kappa shape index (κ3) is 5.87. The van der Waals surface area contributed by atoms with Crippen LogP contribution in [0.3, 0.4) is 0 Å². The van der Waals surface area contributed by atoms with E-state index < -0.39 is 11.4 Å². The molecule has 1 heterocycles. The number of nitrogens with zero attached hydrogens (tertiary/aromatic N) is 1. The fourth-order valence-corrected chi connectivity index (χ4v) is 13.7. The number of allylic oxidation sites excluding steroid dienone is 2. The minimum atomic E-state index is -1.13. The fourth-order valence-electron chi connectivity index (χ4n) is 12.8. The second-order valence-corrected chi connectivity index (χ2v) is 20.0. The Bertz CT molecular complexity index is 1300. The molecule has 0 aromatic heterocycles. The maximum Gasteiger partial charge on any atom is 0.309 e. The molecular weight excluding hydrogens is 607 g/mol. The van der Waals surface area contributed by atoms with Crippen LogP contribution in [0.1, 0.15) is 126 Å². The minimum Gasteiger partial charge on any atom is -0.481 e. The first-order valence-electron chi connectivity index (χ1n) is 19.0. The maximum absolute atomic E-state index is 13.9. The van der Waals surface area contributed by atoms with E-state index in [1.54, 1.807) is 19.4 Å². The second-order valence-electron chi connectivity index (χ2n) is 18.8. The molecule has 1 N–H and O–H groups in total. The van der Waals surface area contributed by atoms with Crippen LogP contribution in [-0.2, 0) is 19.1 Å². The largest absolute Gasteiger partial charge is 0.481 e. The van der Waals surface area contributed by atoms with Crippen LogP contribution < -0.4 is 0 Å². The predicted octanol–water partition coefficient (Wildman–Crippen LogP) is 8.43.